The van der Waals surface area contributed by atoms with Crippen molar-refractivity contribution in [2.24, 2.45) is 5.92 Å². The van der Waals surface area contributed by atoms with Gasteiger partial charge in [0, 0.05) is 11.2 Å². The van der Waals surface area contributed by atoms with Crippen LogP contribution in [0, 0.1) is 5.92 Å². The normalized spacial score (nSPS) is 26.2. The highest BCUT2D eigenvalue weighted by Crippen LogP contribution is 2.58. The number of thioether (sulfide) groups is 1. The SMILES string of the molecule is COc1ccc(CSc2nnc([C@]3(C)CCC[C@]4(C)c5ccc(C(C)C)cc5CCC34)o2)cc1. The first-order valence-electron chi connectivity index (χ1n) is 12.6. The van der Waals surface area contributed by atoms with Crippen LogP contribution in [0.25, 0.3) is 0 Å². The minimum Gasteiger partial charge on any atom is -0.497 e. The maximum atomic E-state index is 6.34. The van der Waals surface area contributed by atoms with Crippen LogP contribution in [0.15, 0.2) is 52.1 Å². The van der Waals surface area contributed by atoms with Crippen LogP contribution in [-0.4, -0.2) is 17.3 Å². The van der Waals surface area contributed by atoms with Gasteiger partial charge in [-0.2, -0.15) is 0 Å². The van der Waals surface area contributed by atoms with E-state index in [1.54, 1.807) is 30.0 Å². The zero-order chi connectivity index (χ0) is 23.9. The van der Waals surface area contributed by atoms with Crippen molar-refractivity contribution in [1.82, 2.24) is 10.2 Å². The van der Waals surface area contributed by atoms with Gasteiger partial charge >= 0.3 is 0 Å². The molecule has 1 aromatic heterocycles. The molecule has 0 amide bonds. The summed E-state index contributed by atoms with van der Waals surface area (Å²) in [6, 6.07) is 15.4. The van der Waals surface area contributed by atoms with Crippen molar-refractivity contribution in [2.75, 3.05) is 7.11 Å². The molecule has 1 heterocycles. The van der Waals surface area contributed by atoms with Crippen LogP contribution in [0.1, 0.15) is 87.4 Å². The highest BCUT2D eigenvalue weighted by molar-refractivity contribution is 7.98. The van der Waals surface area contributed by atoms with Gasteiger partial charge in [0.25, 0.3) is 5.22 Å². The molecule has 1 saturated carbocycles. The van der Waals surface area contributed by atoms with Gasteiger partial charge in [0.2, 0.25) is 5.89 Å². The van der Waals surface area contributed by atoms with Crippen LogP contribution >= 0.6 is 11.8 Å². The third-order valence-electron chi connectivity index (χ3n) is 8.46. The Morgan fingerprint density at radius 3 is 2.56 bits per heavy atom. The molecule has 34 heavy (non-hydrogen) atoms. The molecule has 2 aliphatic rings. The monoisotopic (exact) mass is 476 g/mol. The minimum atomic E-state index is -0.0899. The summed E-state index contributed by atoms with van der Waals surface area (Å²) in [5, 5.41) is 9.72. The molecule has 0 saturated heterocycles. The van der Waals surface area contributed by atoms with Gasteiger partial charge in [-0.1, -0.05) is 76.2 Å². The number of aryl methyl sites for hydroxylation is 1. The van der Waals surface area contributed by atoms with Crippen LogP contribution in [0.2, 0.25) is 0 Å². The lowest BCUT2D eigenvalue weighted by Crippen LogP contribution is -2.51. The van der Waals surface area contributed by atoms with Crippen LogP contribution in [-0.2, 0) is 23.0 Å². The second-order valence-corrected chi connectivity index (χ2v) is 11.8. The Bertz CT molecular complexity index is 1160. The maximum Gasteiger partial charge on any atom is 0.276 e. The zero-order valence-corrected chi connectivity index (χ0v) is 21.9. The van der Waals surface area contributed by atoms with Gasteiger partial charge < -0.3 is 9.15 Å². The molecule has 4 nitrogen and oxygen atoms in total. The van der Waals surface area contributed by atoms with Gasteiger partial charge in [-0.25, -0.2) is 0 Å². The number of rotatable bonds is 6. The number of fused-ring (bicyclic) bond motifs is 3. The van der Waals surface area contributed by atoms with Crippen molar-refractivity contribution in [3.63, 3.8) is 0 Å². The van der Waals surface area contributed by atoms with Gasteiger partial charge in [-0.15, -0.1) is 10.2 Å². The largest absolute Gasteiger partial charge is 0.497 e. The van der Waals surface area contributed by atoms with Crippen LogP contribution in [0.5, 0.6) is 5.75 Å². The van der Waals surface area contributed by atoms with E-state index in [9.17, 15) is 0 Å². The Hall–Kier alpha value is -2.27. The molecule has 180 valence electrons. The van der Waals surface area contributed by atoms with Crippen LogP contribution in [0.4, 0.5) is 0 Å². The number of aromatic nitrogens is 2. The molecule has 0 aliphatic heterocycles. The van der Waals surface area contributed by atoms with E-state index < -0.39 is 0 Å². The van der Waals surface area contributed by atoms with Gasteiger partial charge in [0.15, 0.2) is 0 Å². The first kappa shape index (κ1) is 23.5. The lowest BCUT2D eigenvalue weighted by Gasteiger charge is -2.54. The van der Waals surface area contributed by atoms with E-state index in [2.05, 4.69) is 68.2 Å². The van der Waals surface area contributed by atoms with Crippen molar-refractivity contribution in [1.29, 1.82) is 0 Å². The number of ether oxygens (including phenoxy) is 1. The Balaban J connectivity index is 1.37. The summed E-state index contributed by atoms with van der Waals surface area (Å²) in [6.07, 6.45) is 5.84. The second kappa shape index (κ2) is 9.07. The van der Waals surface area contributed by atoms with E-state index in [4.69, 9.17) is 9.15 Å². The molecule has 2 aromatic carbocycles. The third-order valence-corrected chi connectivity index (χ3v) is 9.35. The molecule has 3 atom stereocenters. The fraction of sp³-hybridized carbons (Fsp3) is 0.517. The summed E-state index contributed by atoms with van der Waals surface area (Å²) in [7, 11) is 1.69. The molecule has 0 bridgehead atoms. The Morgan fingerprint density at radius 2 is 1.82 bits per heavy atom. The molecule has 1 fully saturated rings. The Labute approximate surface area is 207 Å². The molecule has 5 rings (SSSR count). The van der Waals surface area contributed by atoms with Crippen molar-refractivity contribution >= 4 is 11.8 Å². The van der Waals surface area contributed by atoms with Gasteiger partial charge in [-0.05, 0) is 77.3 Å². The predicted molar refractivity (Wildman–Crippen MR) is 138 cm³/mol. The molecule has 5 heteroatoms. The average Bonchev–Trinajstić information content (AvgIpc) is 3.32. The standard InChI is InChI=1S/C29H36N2O2S/c1-19(2)21-9-13-24-22(17-21)10-14-25-28(24,3)15-6-16-29(25,4)26-30-31-27(33-26)34-18-20-7-11-23(32-5)12-8-20/h7-9,11-13,17,19,25H,6,10,14-16,18H2,1-5H3/t25?,28-,29-/m1/s1. The Morgan fingerprint density at radius 1 is 1.06 bits per heavy atom. The molecular formula is C29H36N2O2S. The summed E-state index contributed by atoms with van der Waals surface area (Å²) in [5.74, 6) is 3.57. The Kier molecular flexibility index (Phi) is 6.26. The maximum absolute atomic E-state index is 6.34. The molecule has 3 aromatic rings. The van der Waals surface area contributed by atoms with Gasteiger partial charge in [-0.3, -0.25) is 0 Å². The predicted octanol–water partition coefficient (Wildman–Crippen LogP) is 7.46. The van der Waals surface area contributed by atoms with E-state index in [0.29, 0.717) is 17.1 Å². The molecule has 0 N–H and O–H groups in total. The highest BCUT2D eigenvalue weighted by Gasteiger charge is 2.54. The third kappa shape index (κ3) is 4.06. The summed E-state index contributed by atoms with van der Waals surface area (Å²) in [6.45, 7) is 9.42. The van der Waals surface area contributed by atoms with Gasteiger partial charge in [0.1, 0.15) is 5.75 Å². The molecule has 0 radical (unpaired) electrons. The van der Waals surface area contributed by atoms with E-state index >= 15 is 0 Å². The first-order valence-corrected chi connectivity index (χ1v) is 13.5. The molecule has 1 unspecified atom stereocenters. The topological polar surface area (TPSA) is 48.2 Å². The molecule has 2 aliphatic carbocycles. The number of hydrogen-bond donors (Lipinski definition) is 0. The summed E-state index contributed by atoms with van der Waals surface area (Å²) in [4.78, 5) is 0. The van der Waals surface area contributed by atoms with Crippen molar-refractivity contribution < 1.29 is 9.15 Å². The van der Waals surface area contributed by atoms with Crippen molar-refractivity contribution in [3.05, 3.63) is 70.6 Å². The minimum absolute atomic E-state index is 0.0899. The quantitative estimate of drug-likeness (QED) is 0.346. The summed E-state index contributed by atoms with van der Waals surface area (Å²) >= 11 is 1.61. The van der Waals surface area contributed by atoms with Gasteiger partial charge in [0.05, 0.1) is 7.11 Å². The molecular weight excluding hydrogens is 440 g/mol. The average molecular weight is 477 g/mol. The van der Waals surface area contributed by atoms with E-state index in [0.717, 1.165) is 30.2 Å². The fourth-order valence-electron chi connectivity index (χ4n) is 6.49. The van der Waals surface area contributed by atoms with Crippen molar-refractivity contribution in [2.45, 2.75) is 87.5 Å². The second-order valence-electron chi connectivity index (χ2n) is 10.9. The summed E-state index contributed by atoms with van der Waals surface area (Å²) in [5.41, 5.74) is 5.83. The van der Waals surface area contributed by atoms with E-state index in [-0.39, 0.29) is 10.8 Å². The van der Waals surface area contributed by atoms with Crippen molar-refractivity contribution in [3.8, 4) is 5.75 Å². The fourth-order valence-corrected chi connectivity index (χ4v) is 7.21. The zero-order valence-electron chi connectivity index (χ0n) is 21.1. The lowest BCUT2D eigenvalue weighted by molar-refractivity contribution is 0.0633. The van der Waals surface area contributed by atoms with Crippen LogP contribution < -0.4 is 4.74 Å². The molecule has 0 spiro atoms. The summed E-state index contributed by atoms with van der Waals surface area (Å²) < 4.78 is 11.6. The number of nitrogens with zero attached hydrogens (tertiary/aromatic N) is 2. The smallest absolute Gasteiger partial charge is 0.276 e. The number of benzene rings is 2. The van der Waals surface area contributed by atoms with E-state index in [1.807, 2.05) is 12.1 Å². The first-order chi connectivity index (χ1) is 16.3. The lowest BCUT2D eigenvalue weighted by atomic mass is 9.49. The highest BCUT2D eigenvalue weighted by atomic mass is 32.2. The number of methoxy groups -OCH3 is 1. The number of hydrogen-bond acceptors (Lipinski definition) is 5. The van der Waals surface area contributed by atoms with E-state index in [1.165, 1.54) is 30.4 Å². The van der Waals surface area contributed by atoms with Crippen LogP contribution in [0.3, 0.4) is 0 Å².